The van der Waals surface area contributed by atoms with Crippen LogP contribution < -0.4 is 4.90 Å². The molecule has 1 aliphatic carbocycles. The number of aromatic nitrogens is 1. The number of fused-ring (bicyclic) bond motifs is 2. The van der Waals surface area contributed by atoms with Crippen LogP contribution in [0.3, 0.4) is 0 Å². The van der Waals surface area contributed by atoms with Gasteiger partial charge in [-0.05, 0) is 30.5 Å². The number of hydrogen-bond acceptors (Lipinski definition) is 7. The summed E-state index contributed by atoms with van der Waals surface area (Å²) in [6.07, 6.45) is 5.19. The van der Waals surface area contributed by atoms with Gasteiger partial charge >= 0.3 is 5.97 Å². The lowest BCUT2D eigenvalue weighted by molar-refractivity contribution is -0.134. The first-order valence-electron chi connectivity index (χ1n) is 12.0. The summed E-state index contributed by atoms with van der Waals surface area (Å²) in [5.41, 5.74) is 1.09. The van der Waals surface area contributed by atoms with Gasteiger partial charge in [0.15, 0.2) is 5.60 Å². The standard InChI is InChI=1S/C25H28N4O5S/c1-35(32,33)29-14-12-27(13-15-29)21-7-6-18(16-26-21)24(8-9-24)23(31)28-11-10-25(17-28)20-5-3-2-4-19(20)22(30)34-25/h2-7,16H,8-15,17H2,1H3. The molecule has 2 saturated heterocycles. The van der Waals surface area contributed by atoms with Gasteiger partial charge in [-0.2, -0.15) is 4.31 Å². The van der Waals surface area contributed by atoms with Gasteiger partial charge in [0, 0.05) is 50.9 Å². The number of benzene rings is 1. The summed E-state index contributed by atoms with van der Waals surface area (Å²) in [5.74, 6) is 0.555. The van der Waals surface area contributed by atoms with Crippen LogP contribution in [-0.2, 0) is 30.6 Å². The number of carbonyl (C=O) groups excluding carboxylic acids is 2. The lowest BCUT2D eigenvalue weighted by Gasteiger charge is -2.34. The molecule has 0 N–H and O–H groups in total. The van der Waals surface area contributed by atoms with Crippen molar-refractivity contribution in [1.82, 2.24) is 14.2 Å². The molecule has 6 rings (SSSR count). The Morgan fingerprint density at radius 1 is 1.00 bits per heavy atom. The summed E-state index contributed by atoms with van der Waals surface area (Å²) in [6.45, 7) is 2.98. The van der Waals surface area contributed by atoms with E-state index in [9.17, 15) is 18.0 Å². The van der Waals surface area contributed by atoms with Crippen molar-refractivity contribution in [3.8, 4) is 0 Å². The van der Waals surface area contributed by atoms with Gasteiger partial charge in [-0.3, -0.25) is 4.79 Å². The van der Waals surface area contributed by atoms with Crippen LogP contribution in [-0.4, -0.2) is 80.0 Å². The highest BCUT2D eigenvalue weighted by Crippen LogP contribution is 2.52. The van der Waals surface area contributed by atoms with E-state index in [0.717, 1.165) is 29.8 Å². The largest absolute Gasteiger partial charge is 0.449 e. The van der Waals surface area contributed by atoms with Crippen LogP contribution in [0.15, 0.2) is 42.6 Å². The molecule has 1 atom stereocenters. The Hall–Kier alpha value is -2.98. The minimum Gasteiger partial charge on any atom is -0.449 e. The summed E-state index contributed by atoms with van der Waals surface area (Å²) >= 11 is 0. The van der Waals surface area contributed by atoms with Crippen LogP contribution >= 0.6 is 0 Å². The molecule has 4 heterocycles. The van der Waals surface area contributed by atoms with Crippen LogP contribution in [0, 0.1) is 0 Å². The number of rotatable bonds is 4. The lowest BCUT2D eigenvalue weighted by atomic mass is 9.91. The van der Waals surface area contributed by atoms with E-state index in [1.807, 2.05) is 35.2 Å². The van der Waals surface area contributed by atoms with Gasteiger partial charge in [-0.1, -0.05) is 24.3 Å². The van der Waals surface area contributed by atoms with E-state index in [2.05, 4.69) is 9.88 Å². The summed E-state index contributed by atoms with van der Waals surface area (Å²) in [4.78, 5) is 34.6. The number of ether oxygens (including phenoxy) is 1. The molecule has 1 unspecified atom stereocenters. The van der Waals surface area contributed by atoms with E-state index in [4.69, 9.17) is 4.74 Å². The van der Waals surface area contributed by atoms with Crippen molar-refractivity contribution < 1.29 is 22.7 Å². The Morgan fingerprint density at radius 3 is 2.40 bits per heavy atom. The molecule has 3 aliphatic heterocycles. The van der Waals surface area contributed by atoms with Gasteiger partial charge in [0.1, 0.15) is 5.82 Å². The number of nitrogens with zero attached hydrogens (tertiary/aromatic N) is 4. The highest BCUT2D eigenvalue weighted by atomic mass is 32.2. The second kappa shape index (κ2) is 7.76. The van der Waals surface area contributed by atoms with Gasteiger partial charge in [0.05, 0.1) is 23.8 Å². The zero-order chi connectivity index (χ0) is 24.4. The SMILES string of the molecule is CS(=O)(=O)N1CCN(c2ccc(C3(C(=O)N4CCC5(C4)OC(=O)c4ccccc45)CC3)cn2)CC1. The topological polar surface area (TPSA) is 100 Å². The highest BCUT2D eigenvalue weighted by Gasteiger charge is 2.57. The van der Waals surface area contributed by atoms with E-state index in [0.29, 0.717) is 51.3 Å². The molecule has 1 saturated carbocycles. The Labute approximate surface area is 204 Å². The van der Waals surface area contributed by atoms with Crippen molar-refractivity contribution in [2.24, 2.45) is 0 Å². The smallest absolute Gasteiger partial charge is 0.339 e. The maximum atomic E-state index is 13.7. The molecule has 2 aromatic rings. The zero-order valence-electron chi connectivity index (χ0n) is 19.6. The van der Waals surface area contributed by atoms with Crippen molar-refractivity contribution in [3.05, 3.63) is 59.3 Å². The first-order chi connectivity index (χ1) is 16.7. The molecule has 0 bridgehead atoms. The average molecular weight is 497 g/mol. The maximum Gasteiger partial charge on any atom is 0.339 e. The third-order valence-corrected chi connectivity index (χ3v) is 9.24. The fourth-order valence-electron chi connectivity index (χ4n) is 5.76. The Balaban J connectivity index is 1.16. The van der Waals surface area contributed by atoms with E-state index in [1.165, 1.54) is 10.6 Å². The fourth-order valence-corrected chi connectivity index (χ4v) is 6.59. The second-order valence-electron chi connectivity index (χ2n) is 10.0. The molecule has 0 radical (unpaired) electrons. The summed E-state index contributed by atoms with van der Waals surface area (Å²) in [5, 5.41) is 0. The predicted molar refractivity (Wildman–Crippen MR) is 129 cm³/mol. The molecule has 184 valence electrons. The van der Waals surface area contributed by atoms with Crippen LogP contribution in [0.2, 0.25) is 0 Å². The molecular weight excluding hydrogens is 468 g/mol. The summed E-state index contributed by atoms with van der Waals surface area (Å²) in [7, 11) is -3.18. The normalized spacial score (nSPS) is 25.6. The number of carbonyl (C=O) groups is 2. The van der Waals surface area contributed by atoms with E-state index < -0.39 is 21.0 Å². The van der Waals surface area contributed by atoms with E-state index in [-0.39, 0.29) is 11.9 Å². The first kappa shape index (κ1) is 22.5. The molecule has 3 fully saturated rings. The molecule has 35 heavy (non-hydrogen) atoms. The maximum absolute atomic E-state index is 13.7. The van der Waals surface area contributed by atoms with Crippen LogP contribution in [0.1, 0.15) is 40.7 Å². The number of sulfonamides is 1. The average Bonchev–Trinajstić information content (AvgIpc) is 3.49. The molecule has 1 spiro atoms. The Morgan fingerprint density at radius 2 is 1.74 bits per heavy atom. The Bertz CT molecular complexity index is 1300. The van der Waals surface area contributed by atoms with Crippen molar-refractivity contribution in [2.75, 3.05) is 50.4 Å². The number of pyridine rings is 1. The molecule has 1 amide bonds. The van der Waals surface area contributed by atoms with Gasteiger partial charge in [-0.25, -0.2) is 18.2 Å². The van der Waals surface area contributed by atoms with Crippen LogP contribution in [0.5, 0.6) is 0 Å². The number of hydrogen-bond donors (Lipinski definition) is 0. The molecule has 10 heteroatoms. The number of amides is 1. The predicted octanol–water partition coefficient (Wildman–Crippen LogP) is 1.49. The highest BCUT2D eigenvalue weighted by molar-refractivity contribution is 7.88. The zero-order valence-corrected chi connectivity index (χ0v) is 20.5. The monoisotopic (exact) mass is 496 g/mol. The van der Waals surface area contributed by atoms with E-state index >= 15 is 0 Å². The van der Waals surface area contributed by atoms with Gasteiger partial charge in [-0.15, -0.1) is 0 Å². The molecule has 4 aliphatic rings. The van der Waals surface area contributed by atoms with Crippen molar-refractivity contribution in [1.29, 1.82) is 0 Å². The third kappa shape index (κ3) is 3.61. The summed E-state index contributed by atoms with van der Waals surface area (Å²) in [6, 6.07) is 11.4. The van der Waals surface area contributed by atoms with Crippen molar-refractivity contribution in [2.45, 2.75) is 30.3 Å². The number of anilines is 1. The number of esters is 1. The van der Waals surface area contributed by atoms with Crippen molar-refractivity contribution in [3.63, 3.8) is 0 Å². The van der Waals surface area contributed by atoms with Crippen molar-refractivity contribution >= 4 is 27.7 Å². The minimum atomic E-state index is -3.18. The molecular formula is C25H28N4O5S. The van der Waals surface area contributed by atoms with Gasteiger partial charge in [0.2, 0.25) is 15.9 Å². The van der Waals surface area contributed by atoms with Crippen LogP contribution in [0.25, 0.3) is 0 Å². The molecule has 1 aromatic heterocycles. The minimum absolute atomic E-state index is 0.0751. The van der Waals surface area contributed by atoms with Crippen LogP contribution in [0.4, 0.5) is 5.82 Å². The molecule has 9 nitrogen and oxygen atoms in total. The fraction of sp³-hybridized carbons (Fsp3) is 0.480. The quantitative estimate of drug-likeness (QED) is 0.592. The van der Waals surface area contributed by atoms with E-state index in [1.54, 1.807) is 12.3 Å². The lowest BCUT2D eigenvalue weighted by Crippen LogP contribution is -2.48. The molecule has 1 aromatic carbocycles. The summed E-state index contributed by atoms with van der Waals surface area (Å²) < 4.78 is 30.8. The Kier molecular flexibility index (Phi) is 4.98. The van der Waals surface area contributed by atoms with Gasteiger partial charge in [0.25, 0.3) is 0 Å². The first-order valence-corrected chi connectivity index (χ1v) is 13.9. The second-order valence-corrected chi connectivity index (χ2v) is 12.0. The number of likely N-dealkylation sites (tertiary alicyclic amines) is 1. The third-order valence-electron chi connectivity index (χ3n) is 7.94. The van der Waals surface area contributed by atoms with Gasteiger partial charge < -0.3 is 14.5 Å². The number of piperazine rings is 1.